The Morgan fingerprint density at radius 3 is 2.84 bits per heavy atom. The van der Waals surface area contributed by atoms with Crippen LogP contribution in [0.3, 0.4) is 0 Å². The molecule has 0 saturated carbocycles. The minimum atomic E-state index is -0.415. The average molecular weight is 437 g/mol. The molecule has 0 aliphatic rings. The number of nitrogens with one attached hydrogen (secondary N) is 1. The fourth-order valence-corrected chi connectivity index (χ4v) is 4.32. The number of aliphatic imine (C=N–C) groups is 1. The van der Waals surface area contributed by atoms with Crippen LogP contribution in [0.1, 0.15) is 37.0 Å². The van der Waals surface area contributed by atoms with Crippen LogP contribution in [0.4, 0.5) is 15.9 Å². The molecule has 31 heavy (non-hydrogen) atoms. The maximum Gasteiger partial charge on any atom is 0.266 e. The van der Waals surface area contributed by atoms with E-state index in [-0.39, 0.29) is 5.56 Å². The third-order valence-electron chi connectivity index (χ3n) is 4.91. The molecule has 3 aromatic heterocycles. The van der Waals surface area contributed by atoms with Gasteiger partial charge in [0, 0.05) is 17.3 Å². The topological polar surface area (TPSA) is 84.5 Å². The van der Waals surface area contributed by atoms with Crippen LogP contribution in [0.2, 0.25) is 0 Å². The highest BCUT2D eigenvalue weighted by Gasteiger charge is 2.22. The Hall–Kier alpha value is -3.46. The van der Waals surface area contributed by atoms with E-state index in [4.69, 9.17) is 4.98 Å². The molecule has 0 bridgehead atoms. The molecule has 0 fully saturated rings. The van der Waals surface area contributed by atoms with Crippen molar-refractivity contribution in [3.8, 4) is 11.1 Å². The number of aromatic nitrogens is 4. The first kappa shape index (κ1) is 20.8. The van der Waals surface area contributed by atoms with Crippen molar-refractivity contribution < 1.29 is 4.39 Å². The molecule has 3 heterocycles. The summed E-state index contributed by atoms with van der Waals surface area (Å²) in [5.74, 6) is 0.120. The standard InChI is InChI=1S/C22H21FN6OS/c1-5-24-19-13(3)25-11-26-20(19)27-14(4)18-17(15-7-6-8-16(23)9-15)21(30)29-12(2)10-31-22(29)28-18/h5-11,14H,1-4H3,(H,25,26,27). The summed E-state index contributed by atoms with van der Waals surface area (Å²) >= 11 is 1.39. The Morgan fingerprint density at radius 2 is 2.10 bits per heavy atom. The van der Waals surface area contributed by atoms with Gasteiger partial charge in [0.25, 0.3) is 5.56 Å². The molecule has 0 amide bonds. The van der Waals surface area contributed by atoms with Gasteiger partial charge in [-0.3, -0.25) is 14.2 Å². The highest BCUT2D eigenvalue weighted by Crippen LogP contribution is 2.31. The lowest BCUT2D eigenvalue weighted by atomic mass is 10.0. The van der Waals surface area contributed by atoms with Crippen LogP contribution in [0, 0.1) is 19.7 Å². The molecule has 0 spiro atoms. The zero-order valence-electron chi connectivity index (χ0n) is 17.5. The highest BCUT2D eigenvalue weighted by molar-refractivity contribution is 7.15. The third kappa shape index (κ3) is 3.84. The van der Waals surface area contributed by atoms with Gasteiger partial charge >= 0.3 is 0 Å². The Labute approximate surface area is 182 Å². The molecule has 9 heteroatoms. The number of fused-ring (bicyclic) bond motifs is 1. The first-order valence-corrected chi connectivity index (χ1v) is 10.6. The van der Waals surface area contributed by atoms with Crippen molar-refractivity contribution in [2.24, 2.45) is 4.99 Å². The van der Waals surface area contributed by atoms with Crippen LogP contribution in [0.25, 0.3) is 16.1 Å². The number of rotatable bonds is 5. The van der Waals surface area contributed by atoms with Gasteiger partial charge in [-0.05, 0) is 45.4 Å². The number of benzene rings is 1. The van der Waals surface area contributed by atoms with E-state index in [1.807, 2.05) is 33.1 Å². The van der Waals surface area contributed by atoms with Gasteiger partial charge in [-0.2, -0.15) is 0 Å². The first-order valence-electron chi connectivity index (χ1n) is 9.74. The summed E-state index contributed by atoms with van der Waals surface area (Å²) < 4.78 is 15.6. The van der Waals surface area contributed by atoms with Crippen LogP contribution in [-0.4, -0.2) is 25.6 Å². The number of thiazole rings is 1. The van der Waals surface area contributed by atoms with Gasteiger partial charge < -0.3 is 5.32 Å². The zero-order chi connectivity index (χ0) is 22.1. The van der Waals surface area contributed by atoms with Crippen molar-refractivity contribution in [3.63, 3.8) is 0 Å². The number of anilines is 1. The second kappa shape index (κ2) is 8.35. The molecule has 4 rings (SSSR count). The Bertz CT molecular complexity index is 1360. The van der Waals surface area contributed by atoms with E-state index in [0.29, 0.717) is 33.3 Å². The molecular formula is C22H21FN6OS. The average Bonchev–Trinajstić information content (AvgIpc) is 3.11. The van der Waals surface area contributed by atoms with Gasteiger partial charge in [0.1, 0.15) is 17.8 Å². The minimum absolute atomic E-state index is 0.233. The summed E-state index contributed by atoms with van der Waals surface area (Å²) in [7, 11) is 0. The normalized spacial score (nSPS) is 12.5. The van der Waals surface area contributed by atoms with Gasteiger partial charge in [0.05, 0.1) is 23.0 Å². The van der Waals surface area contributed by atoms with E-state index >= 15 is 0 Å². The van der Waals surface area contributed by atoms with Crippen LogP contribution in [-0.2, 0) is 0 Å². The van der Waals surface area contributed by atoms with E-state index in [2.05, 4.69) is 20.3 Å². The van der Waals surface area contributed by atoms with E-state index in [1.54, 1.807) is 22.7 Å². The predicted octanol–water partition coefficient (Wildman–Crippen LogP) is 4.86. The zero-order valence-corrected chi connectivity index (χ0v) is 18.4. The minimum Gasteiger partial charge on any atom is -0.360 e. The van der Waals surface area contributed by atoms with Crippen molar-refractivity contribution in [1.29, 1.82) is 0 Å². The largest absolute Gasteiger partial charge is 0.360 e. The summed E-state index contributed by atoms with van der Waals surface area (Å²) in [5, 5.41) is 5.19. The predicted molar refractivity (Wildman–Crippen MR) is 122 cm³/mol. The maximum absolute atomic E-state index is 14.0. The molecule has 1 atom stereocenters. The number of hydrogen-bond acceptors (Lipinski definition) is 7. The molecule has 0 aliphatic heterocycles. The number of aryl methyl sites for hydroxylation is 2. The second-order valence-corrected chi connectivity index (χ2v) is 7.93. The lowest BCUT2D eigenvalue weighted by Crippen LogP contribution is -2.23. The maximum atomic E-state index is 14.0. The first-order chi connectivity index (χ1) is 14.9. The van der Waals surface area contributed by atoms with Gasteiger partial charge in [-0.25, -0.2) is 19.3 Å². The second-order valence-electron chi connectivity index (χ2n) is 7.09. The number of hydrogen-bond donors (Lipinski definition) is 1. The number of halogens is 1. The van der Waals surface area contributed by atoms with Gasteiger partial charge in [0.2, 0.25) is 0 Å². The third-order valence-corrected chi connectivity index (χ3v) is 5.85. The summed E-state index contributed by atoms with van der Waals surface area (Å²) in [5.41, 5.74) is 3.24. The molecule has 158 valence electrons. The van der Waals surface area contributed by atoms with Crippen molar-refractivity contribution >= 4 is 34.0 Å². The summed E-state index contributed by atoms with van der Waals surface area (Å²) in [6.07, 6.45) is 3.13. The van der Waals surface area contributed by atoms with E-state index < -0.39 is 11.9 Å². The van der Waals surface area contributed by atoms with E-state index in [9.17, 15) is 9.18 Å². The van der Waals surface area contributed by atoms with Crippen LogP contribution < -0.4 is 10.9 Å². The molecule has 1 aromatic carbocycles. The smallest absolute Gasteiger partial charge is 0.266 e. The summed E-state index contributed by atoms with van der Waals surface area (Å²) in [6.45, 7) is 7.40. The van der Waals surface area contributed by atoms with Crippen molar-refractivity contribution in [2.45, 2.75) is 33.7 Å². The molecule has 7 nitrogen and oxygen atoms in total. The van der Waals surface area contributed by atoms with E-state index in [0.717, 1.165) is 11.4 Å². The van der Waals surface area contributed by atoms with Crippen molar-refractivity contribution in [2.75, 3.05) is 5.32 Å². The van der Waals surface area contributed by atoms with Crippen molar-refractivity contribution in [3.05, 3.63) is 69.2 Å². The van der Waals surface area contributed by atoms with Gasteiger partial charge in [-0.1, -0.05) is 12.1 Å². The molecule has 0 saturated heterocycles. The quantitative estimate of drug-likeness (QED) is 0.452. The monoisotopic (exact) mass is 436 g/mol. The SMILES string of the molecule is CC=Nc1c(C)ncnc1NC(C)c1nc2scc(C)n2c(=O)c1-c1cccc(F)c1. The van der Waals surface area contributed by atoms with Gasteiger partial charge in [0.15, 0.2) is 10.8 Å². The molecule has 4 aromatic rings. The summed E-state index contributed by atoms with van der Waals surface area (Å²) in [6, 6.07) is 5.60. The lowest BCUT2D eigenvalue weighted by molar-refractivity contribution is 0.628. The molecule has 0 aliphatic carbocycles. The fourth-order valence-electron chi connectivity index (χ4n) is 3.46. The van der Waals surface area contributed by atoms with Crippen LogP contribution >= 0.6 is 11.3 Å². The molecule has 1 unspecified atom stereocenters. The Morgan fingerprint density at radius 1 is 1.29 bits per heavy atom. The Kier molecular flexibility index (Phi) is 5.60. The van der Waals surface area contributed by atoms with Crippen LogP contribution in [0.15, 0.2) is 45.8 Å². The highest BCUT2D eigenvalue weighted by atomic mass is 32.1. The molecular weight excluding hydrogens is 415 g/mol. The number of nitrogens with zero attached hydrogens (tertiary/aromatic N) is 5. The van der Waals surface area contributed by atoms with E-state index in [1.165, 1.54) is 29.8 Å². The molecule has 0 radical (unpaired) electrons. The van der Waals surface area contributed by atoms with Crippen molar-refractivity contribution in [1.82, 2.24) is 19.4 Å². The molecule has 1 N–H and O–H groups in total. The van der Waals surface area contributed by atoms with Crippen LogP contribution in [0.5, 0.6) is 0 Å². The Balaban J connectivity index is 1.90. The van der Waals surface area contributed by atoms with Gasteiger partial charge in [-0.15, -0.1) is 11.3 Å². The fraction of sp³-hybridized carbons (Fsp3) is 0.227. The summed E-state index contributed by atoms with van der Waals surface area (Å²) in [4.78, 5) is 31.7. The lowest BCUT2D eigenvalue weighted by Gasteiger charge is -2.19.